The largest absolute Gasteiger partial charge is 0.281 e. The number of amides is 1. The Morgan fingerprint density at radius 3 is 3.00 bits per heavy atom. The van der Waals surface area contributed by atoms with Gasteiger partial charge in [-0.05, 0) is 18.8 Å². The van der Waals surface area contributed by atoms with E-state index in [9.17, 15) is 4.79 Å². The Labute approximate surface area is 73.1 Å². The third-order valence-electron chi connectivity index (χ3n) is 3.15. The van der Waals surface area contributed by atoms with Crippen LogP contribution in [0.25, 0.3) is 0 Å². The van der Waals surface area contributed by atoms with Crippen LogP contribution >= 0.6 is 0 Å². The highest BCUT2D eigenvalue weighted by atomic mass is 16.2. The summed E-state index contributed by atoms with van der Waals surface area (Å²) >= 11 is 0. The molecule has 2 fully saturated rings. The van der Waals surface area contributed by atoms with E-state index < -0.39 is 0 Å². The third kappa shape index (κ3) is 1.22. The van der Waals surface area contributed by atoms with Crippen LogP contribution in [0.2, 0.25) is 0 Å². The van der Waals surface area contributed by atoms with E-state index in [0.717, 1.165) is 13.0 Å². The maximum absolute atomic E-state index is 11.6. The number of carbonyl (C=O) groups is 1. The lowest BCUT2D eigenvalue weighted by Gasteiger charge is -2.39. The highest BCUT2D eigenvalue weighted by Gasteiger charge is 2.36. The van der Waals surface area contributed by atoms with Gasteiger partial charge in [0.1, 0.15) is 0 Å². The zero-order valence-corrected chi connectivity index (χ0v) is 7.55. The van der Waals surface area contributed by atoms with Crippen molar-refractivity contribution in [1.29, 1.82) is 0 Å². The minimum atomic E-state index is 0.297. The van der Waals surface area contributed by atoms with Crippen molar-refractivity contribution in [3.8, 4) is 0 Å². The van der Waals surface area contributed by atoms with E-state index in [1.165, 1.54) is 19.3 Å². The van der Waals surface area contributed by atoms with Crippen molar-refractivity contribution in [3.63, 3.8) is 0 Å². The average Bonchev–Trinajstić information content (AvgIpc) is 2.12. The lowest BCUT2D eigenvalue weighted by Crippen LogP contribution is -2.54. The molecule has 1 heterocycles. The second-order valence-electron chi connectivity index (χ2n) is 3.91. The van der Waals surface area contributed by atoms with E-state index >= 15 is 0 Å². The van der Waals surface area contributed by atoms with Crippen molar-refractivity contribution in [2.24, 2.45) is 11.8 Å². The molecule has 2 unspecified atom stereocenters. The number of rotatable bonds is 0. The van der Waals surface area contributed by atoms with Crippen molar-refractivity contribution in [2.75, 3.05) is 13.6 Å². The summed E-state index contributed by atoms with van der Waals surface area (Å²) in [4.78, 5) is 11.6. The zero-order valence-electron chi connectivity index (χ0n) is 7.55. The molecule has 0 bridgehead atoms. The van der Waals surface area contributed by atoms with E-state index in [2.05, 4.69) is 5.43 Å². The Hall–Kier alpha value is -0.570. The summed E-state index contributed by atoms with van der Waals surface area (Å²) in [5.74, 6) is 1.23. The van der Waals surface area contributed by atoms with Gasteiger partial charge in [-0.25, -0.2) is 5.43 Å². The highest BCUT2D eigenvalue weighted by Crippen LogP contribution is 2.32. The molecule has 1 aliphatic heterocycles. The monoisotopic (exact) mass is 168 g/mol. The van der Waals surface area contributed by atoms with Gasteiger partial charge in [0.25, 0.3) is 0 Å². The predicted octanol–water partition coefficient (Wildman–Crippen LogP) is 0.769. The Kier molecular flexibility index (Phi) is 2.05. The van der Waals surface area contributed by atoms with Gasteiger partial charge in [0.15, 0.2) is 0 Å². The molecular formula is C9H16N2O. The Morgan fingerprint density at radius 2 is 2.17 bits per heavy atom. The Balaban J connectivity index is 2.08. The Morgan fingerprint density at radius 1 is 1.42 bits per heavy atom. The van der Waals surface area contributed by atoms with Gasteiger partial charge in [0.05, 0.1) is 0 Å². The number of hydrazine groups is 1. The smallest absolute Gasteiger partial charge is 0.239 e. The zero-order chi connectivity index (χ0) is 8.55. The predicted molar refractivity (Wildman–Crippen MR) is 46.2 cm³/mol. The van der Waals surface area contributed by atoms with Gasteiger partial charge in [-0.3, -0.25) is 9.80 Å². The minimum Gasteiger partial charge on any atom is -0.281 e. The van der Waals surface area contributed by atoms with Gasteiger partial charge >= 0.3 is 0 Å². The number of hydrogen-bond donors (Lipinski definition) is 1. The van der Waals surface area contributed by atoms with Gasteiger partial charge < -0.3 is 0 Å². The topological polar surface area (TPSA) is 32.3 Å². The maximum Gasteiger partial charge on any atom is 0.239 e. The molecule has 0 aromatic carbocycles. The fourth-order valence-electron chi connectivity index (χ4n) is 2.36. The molecule has 2 aliphatic rings. The molecule has 0 aromatic heterocycles. The first kappa shape index (κ1) is 8.05. The lowest BCUT2D eigenvalue weighted by atomic mass is 9.78. The first-order valence-corrected chi connectivity index (χ1v) is 4.80. The van der Waals surface area contributed by atoms with Crippen LogP contribution in [0.15, 0.2) is 0 Å². The normalized spacial score (nSPS) is 36.4. The lowest BCUT2D eigenvalue weighted by molar-refractivity contribution is -0.145. The summed E-state index contributed by atoms with van der Waals surface area (Å²) in [5.41, 5.74) is 3.11. The molecule has 1 N–H and O–H groups in total. The first-order chi connectivity index (χ1) is 5.79. The van der Waals surface area contributed by atoms with Crippen LogP contribution in [-0.4, -0.2) is 24.5 Å². The van der Waals surface area contributed by atoms with Gasteiger partial charge in [-0.15, -0.1) is 0 Å². The van der Waals surface area contributed by atoms with Gasteiger partial charge in [0, 0.05) is 19.5 Å². The van der Waals surface area contributed by atoms with Crippen LogP contribution in [0.1, 0.15) is 25.7 Å². The van der Waals surface area contributed by atoms with Gasteiger partial charge in [-0.2, -0.15) is 0 Å². The number of fused-ring (bicyclic) bond motifs is 1. The van der Waals surface area contributed by atoms with Crippen LogP contribution in [0.3, 0.4) is 0 Å². The van der Waals surface area contributed by atoms with E-state index in [4.69, 9.17) is 0 Å². The van der Waals surface area contributed by atoms with Crippen molar-refractivity contribution < 1.29 is 4.79 Å². The quantitative estimate of drug-likeness (QED) is 0.579. The molecule has 3 nitrogen and oxygen atoms in total. The van der Waals surface area contributed by atoms with Crippen molar-refractivity contribution in [2.45, 2.75) is 25.7 Å². The third-order valence-corrected chi connectivity index (χ3v) is 3.15. The van der Waals surface area contributed by atoms with Crippen LogP contribution in [0.4, 0.5) is 0 Å². The highest BCUT2D eigenvalue weighted by molar-refractivity contribution is 5.79. The summed E-state index contributed by atoms with van der Waals surface area (Å²) in [6.45, 7) is 0.993. The summed E-state index contributed by atoms with van der Waals surface area (Å²) < 4.78 is 0. The van der Waals surface area contributed by atoms with Crippen molar-refractivity contribution in [3.05, 3.63) is 0 Å². The molecular weight excluding hydrogens is 152 g/mol. The standard InChI is InChI=1S/C9H16N2O/c1-11-9(12)8-5-3-2-4-7(8)6-10-11/h7-8,10H,2-6H2,1H3. The van der Waals surface area contributed by atoms with E-state index in [1.54, 1.807) is 5.01 Å². The molecule has 3 heteroatoms. The van der Waals surface area contributed by atoms with Crippen molar-refractivity contribution in [1.82, 2.24) is 10.4 Å². The molecule has 68 valence electrons. The first-order valence-electron chi connectivity index (χ1n) is 4.80. The van der Waals surface area contributed by atoms with Gasteiger partial charge in [-0.1, -0.05) is 12.8 Å². The summed E-state index contributed by atoms with van der Waals surface area (Å²) in [5, 5.41) is 1.66. The summed E-state index contributed by atoms with van der Waals surface area (Å²) in [6.07, 6.45) is 4.88. The number of carbonyl (C=O) groups excluding carboxylic acids is 1. The molecule has 2 rings (SSSR count). The van der Waals surface area contributed by atoms with Gasteiger partial charge in [0.2, 0.25) is 5.91 Å². The van der Waals surface area contributed by atoms with E-state index in [0.29, 0.717) is 17.7 Å². The molecule has 0 radical (unpaired) electrons. The van der Waals surface area contributed by atoms with Crippen molar-refractivity contribution >= 4 is 5.91 Å². The van der Waals surface area contributed by atoms with Crippen LogP contribution in [-0.2, 0) is 4.79 Å². The molecule has 1 saturated carbocycles. The molecule has 0 spiro atoms. The second kappa shape index (κ2) is 3.05. The second-order valence-corrected chi connectivity index (χ2v) is 3.91. The van der Waals surface area contributed by atoms with E-state index in [1.807, 2.05) is 7.05 Å². The summed E-state index contributed by atoms with van der Waals surface area (Å²) in [7, 11) is 1.83. The number of nitrogens with zero attached hydrogens (tertiary/aromatic N) is 1. The molecule has 12 heavy (non-hydrogen) atoms. The number of nitrogens with one attached hydrogen (secondary N) is 1. The van der Waals surface area contributed by atoms with Crippen LogP contribution in [0, 0.1) is 11.8 Å². The molecule has 0 aromatic rings. The maximum atomic E-state index is 11.6. The number of hydrogen-bond acceptors (Lipinski definition) is 2. The fraction of sp³-hybridized carbons (Fsp3) is 0.889. The summed E-state index contributed by atoms with van der Waals surface area (Å²) in [6, 6.07) is 0. The molecule has 1 aliphatic carbocycles. The minimum absolute atomic E-state index is 0.297. The molecule has 1 amide bonds. The average molecular weight is 168 g/mol. The fourth-order valence-corrected chi connectivity index (χ4v) is 2.36. The van der Waals surface area contributed by atoms with Crippen LogP contribution < -0.4 is 5.43 Å². The molecule has 2 atom stereocenters. The molecule has 1 saturated heterocycles. The van der Waals surface area contributed by atoms with E-state index in [-0.39, 0.29) is 0 Å². The van der Waals surface area contributed by atoms with Crippen LogP contribution in [0.5, 0.6) is 0 Å². The SMILES string of the molecule is CN1NCC2CCCCC2C1=O. The Bertz CT molecular complexity index is 193.